The zero-order chi connectivity index (χ0) is 20.9. The molecule has 0 amide bonds. The van der Waals surface area contributed by atoms with Crippen molar-refractivity contribution >= 4 is 0 Å². The molecule has 0 aliphatic heterocycles. The van der Waals surface area contributed by atoms with E-state index in [2.05, 4.69) is 86.2 Å². The molecule has 0 unspecified atom stereocenters. The summed E-state index contributed by atoms with van der Waals surface area (Å²) < 4.78 is 0. The third kappa shape index (κ3) is 2.79. The highest BCUT2D eigenvalue weighted by Crippen LogP contribution is 2.51. The lowest BCUT2D eigenvalue weighted by molar-refractivity contribution is 0.521. The van der Waals surface area contributed by atoms with Crippen LogP contribution in [-0.2, 0) is 10.8 Å². The molecule has 0 atom stereocenters. The fourth-order valence-corrected chi connectivity index (χ4v) is 4.89. The average molecular weight is 391 g/mol. The minimum atomic E-state index is -0.0897. The zero-order valence-electron chi connectivity index (χ0n) is 18.0. The Labute approximate surface area is 178 Å². The molecule has 148 valence electrons. The highest BCUT2D eigenvalue weighted by molar-refractivity contribution is 5.70. The van der Waals surface area contributed by atoms with Gasteiger partial charge in [0.15, 0.2) is 0 Å². The van der Waals surface area contributed by atoms with Gasteiger partial charge in [0.05, 0.1) is 11.4 Å². The lowest BCUT2D eigenvalue weighted by Crippen LogP contribution is -2.36. The zero-order valence-corrected chi connectivity index (χ0v) is 18.0. The van der Waals surface area contributed by atoms with Crippen molar-refractivity contribution in [2.24, 2.45) is 0 Å². The van der Waals surface area contributed by atoms with Crippen molar-refractivity contribution in [2.75, 3.05) is 0 Å². The van der Waals surface area contributed by atoms with Crippen molar-refractivity contribution in [1.29, 1.82) is 0 Å². The van der Waals surface area contributed by atoms with Gasteiger partial charge in [0, 0.05) is 34.4 Å². The third-order valence-electron chi connectivity index (χ3n) is 6.65. The van der Waals surface area contributed by atoms with Gasteiger partial charge in [-0.05, 0) is 58.7 Å². The molecule has 30 heavy (non-hydrogen) atoms. The molecule has 2 aromatic carbocycles. The highest BCUT2D eigenvalue weighted by atomic mass is 14.7. The van der Waals surface area contributed by atoms with E-state index < -0.39 is 0 Å². The van der Waals surface area contributed by atoms with Crippen LogP contribution in [-0.4, -0.2) is 9.97 Å². The molecule has 1 aliphatic rings. The van der Waals surface area contributed by atoms with Gasteiger partial charge in [-0.15, -0.1) is 0 Å². The summed E-state index contributed by atoms with van der Waals surface area (Å²) in [5.74, 6) is 0. The van der Waals surface area contributed by atoms with Gasteiger partial charge < -0.3 is 0 Å². The van der Waals surface area contributed by atoms with E-state index in [1.807, 2.05) is 36.7 Å². The standard InChI is InChI=1S/C28H26N2/c1-27(2)21-13-11-20(26-10-6-8-16-30-26)18-24(21)28(3,4)22-14-12-19(17-23(22)27)25-9-5-7-15-29-25/h5-18H,1-4H3. The summed E-state index contributed by atoms with van der Waals surface area (Å²) in [6.45, 7) is 9.34. The van der Waals surface area contributed by atoms with Gasteiger partial charge in [-0.25, -0.2) is 0 Å². The number of hydrogen-bond donors (Lipinski definition) is 0. The molecule has 0 saturated carbocycles. The Morgan fingerprint density at radius 3 is 1.30 bits per heavy atom. The Kier molecular flexibility index (Phi) is 4.14. The molecule has 2 nitrogen and oxygen atoms in total. The molecule has 0 saturated heterocycles. The van der Waals surface area contributed by atoms with Crippen LogP contribution >= 0.6 is 0 Å². The van der Waals surface area contributed by atoms with E-state index in [-0.39, 0.29) is 10.8 Å². The minimum absolute atomic E-state index is 0.0897. The number of pyridine rings is 2. The van der Waals surface area contributed by atoms with Crippen LogP contribution in [0.2, 0.25) is 0 Å². The predicted octanol–water partition coefficient (Wildman–Crippen LogP) is 6.78. The summed E-state index contributed by atoms with van der Waals surface area (Å²) in [5, 5.41) is 0. The van der Waals surface area contributed by atoms with Gasteiger partial charge in [-0.3, -0.25) is 9.97 Å². The lowest BCUT2D eigenvalue weighted by atomic mass is 9.59. The number of aromatic nitrogens is 2. The van der Waals surface area contributed by atoms with E-state index in [1.165, 1.54) is 33.4 Å². The third-order valence-corrected chi connectivity index (χ3v) is 6.65. The predicted molar refractivity (Wildman–Crippen MR) is 124 cm³/mol. The summed E-state index contributed by atoms with van der Waals surface area (Å²) in [6, 6.07) is 25.9. The lowest BCUT2D eigenvalue weighted by Gasteiger charge is -2.44. The van der Waals surface area contributed by atoms with Gasteiger partial charge >= 0.3 is 0 Å². The van der Waals surface area contributed by atoms with Crippen LogP contribution in [0.5, 0.6) is 0 Å². The molecule has 0 fully saturated rings. The Morgan fingerprint density at radius 1 is 0.500 bits per heavy atom. The van der Waals surface area contributed by atoms with E-state index in [4.69, 9.17) is 0 Å². The Balaban J connectivity index is 1.70. The second kappa shape index (κ2) is 6.63. The topological polar surface area (TPSA) is 25.8 Å². The van der Waals surface area contributed by atoms with Crippen molar-refractivity contribution in [1.82, 2.24) is 9.97 Å². The number of benzene rings is 2. The van der Waals surface area contributed by atoms with Crippen LogP contribution < -0.4 is 0 Å². The van der Waals surface area contributed by atoms with Crippen molar-refractivity contribution in [2.45, 2.75) is 38.5 Å². The average Bonchev–Trinajstić information content (AvgIpc) is 2.79. The van der Waals surface area contributed by atoms with Gasteiger partial charge in [0.2, 0.25) is 0 Å². The molecule has 1 aliphatic carbocycles. The first-order chi connectivity index (χ1) is 14.4. The molecule has 2 aromatic heterocycles. The molecule has 4 aromatic rings. The maximum atomic E-state index is 4.56. The first kappa shape index (κ1) is 18.7. The van der Waals surface area contributed by atoms with Crippen LogP contribution in [0.3, 0.4) is 0 Å². The number of rotatable bonds is 2. The minimum Gasteiger partial charge on any atom is -0.256 e. The van der Waals surface area contributed by atoms with Crippen molar-refractivity contribution in [3.63, 3.8) is 0 Å². The Bertz CT molecular complexity index is 1120. The monoisotopic (exact) mass is 390 g/mol. The Hall–Kier alpha value is -3.26. The van der Waals surface area contributed by atoms with Crippen LogP contribution in [0.4, 0.5) is 0 Å². The molecular formula is C28H26N2. The van der Waals surface area contributed by atoms with E-state index in [9.17, 15) is 0 Å². The molecule has 2 heteroatoms. The fourth-order valence-electron chi connectivity index (χ4n) is 4.89. The van der Waals surface area contributed by atoms with Crippen LogP contribution in [0.25, 0.3) is 22.5 Å². The number of nitrogens with zero attached hydrogens (tertiary/aromatic N) is 2. The quantitative estimate of drug-likeness (QED) is 0.377. The summed E-state index contributed by atoms with van der Waals surface area (Å²) >= 11 is 0. The van der Waals surface area contributed by atoms with E-state index in [0.717, 1.165) is 11.4 Å². The molecule has 5 rings (SSSR count). The largest absolute Gasteiger partial charge is 0.256 e. The highest BCUT2D eigenvalue weighted by Gasteiger charge is 2.41. The van der Waals surface area contributed by atoms with Gasteiger partial charge in [-0.1, -0.05) is 64.1 Å². The van der Waals surface area contributed by atoms with Gasteiger partial charge in [0.25, 0.3) is 0 Å². The van der Waals surface area contributed by atoms with E-state index in [1.54, 1.807) is 0 Å². The molecule has 0 N–H and O–H groups in total. The van der Waals surface area contributed by atoms with E-state index >= 15 is 0 Å². The molecule has 0 spiro atoms. The van der Waals surface area contributed by atoms with Crippen LogP contribution in [0.15, 0.2) is 85.2 Å². The second-order valence-corrected chi connectivity index (χ2v) is 9.20. The van der Waals surface area contributed by atoms with Crippen LogP contribution in [0.1, 0.15) is 49.9 Å². The second-order valence-electron chi connectivity index (χ2n) is 9.20. The summed E-state index contributed by atoms with van der Waals surface area (Å²) in [7, 11) is 0. The molecular weight excluding hydrogens is 364 g/mol. The molecule has 2 heterocycles. The van der Waals surface area contributed by atoms with Crippen molar-refractivity contribution < 1.29 is 0 Å². The van der Waals surface area contributed by atoms with Crippen LogP contribution in [0, 0.1) is 0 Å². The first-order valence-corrected chi connectivity index (χ1v) is 10.5. The fraction of sp³-hybridized carbons (Fsp3) is 0.214. The number of fused-ring (bicyclic) bond motifs is 2. The van der Waals surface area contributed by atoms with E-state index in [0.29, 0.717) is 0 Å². The summed E-state index contributed by atoms with van der Waals surface area (Å²) in [4.78, 5) is 9.13. The summed E-state index contributed by atoms with van der Waals surface area (Å²) in [6.07, 6.45) is 3.72. The molecule has 0 radical (unpaired) electrons. The maximum Gasteiger partial charge on any atom is 0.0702 e. The maximum absolute atomic E-state index is 4.56. The first-order valence-electron chi connectivity index (χ1n) is 10.5. The van der Waals surface area contributed by atoms with Gasteiger partial charge in [0.1, 0.15) is 0 Å². The van der Waals surface area contributed by atoms with Gasteiger partial charge in [-0.2, -0.15) is 0 Å². The smallest absolute Gasteiger partial charge is 0.0702 e. The normalized spacial score (nSPS) is 15.9. The SMILES string of the molecule is CC1(C)c2ccc(-c3ccccn3)cc2C(C)(C)c2ccc(-c3ccccn3)cc21. The summed E-state index contributed by atoms with van der Waals surface area (Å²) in [5.41, 5.74) is 9.74. The van der Waals surface area contributed by atoms with Crippen molar-refractivity contribution in [3.8, 4) is 22.5 Å². The Morgan fingerprint density at radius 2 is 0.933 bits per heavy atom. The molecule has 0 bridgehead atoms. The van der Waals surface area contributed by atoms with Crippen molar-refractivity contribution in [3.05, 3.63) is 107 Å². The number of hydrogen-bond acceptors (Lipinski definition) is 2.